The predicted octanol–water partition coefficient (Wildman–Crippen LogP) is 3.34. The van der Waals surface area contributed by atoms with Gasteiger partial charge < -0.3 is 10.2 Å². The molecule has 0 saturated carbocycles. The fraction of sp³-hybridized carbons (Fsp3) is 0.571. The highest BCUT2D eigenvalue weighted by Gasteiger charge is 2.18. The van der Waals surface area contributed by atoms with Crippen LogP contribution in [0.1, 0.15) is 19.3 Å². The molecule has 1 atom stereocenters. The van der Waals surface area contributed by atoms with Gasteiger partial charge in [-0.15, -0.1) is 0 Å². The van der Waals surface area contributed by atoms with Crippen LogP contribution in [0.2, 0.25) is 0 Å². The van der Waals surface area contributed by atoms with Crippen LogP contribution in [0.15, 0.2) is 18.2 Å². The summed E-state index contributed by atoms with van der Waals surface area (Å²) in [5, 5.41) is 3.42. The molecule has 2 aliphatic rings. The molecule has 4 heteroatoms. The van der Waals surface area contributed by atoms with Gasteiger partial charge in [-0.1, -0.05) is 0 Å². The summed E-state index contributed by atoms with van der Waals surface area (Å²) in [6, 6.07) is 6.09. The normalized spacial score (nSPS) is 23.6. The second-order valence-corrected chi connectivity index (χ2v) is 6.22. The van der Waals surface area contributed by atoms with Gasteiger partial charge in [0.2, 0.25) is 0 Å². The summed E-state index contributed by atoms with van der Waals surface area (Å²) in [6.07, 6.45) is 3.54. The molecule has 2 fully saturated rings. The highest BCUT2D eigenvalue weighted by molar-refractivity contribution is 7.99. The molecule has 1 N–H and O–H groups in total. The monoisotopic (exact) mass is 266 g/mol. The van der Waals surface area contributed by atoms with Crippen molar-refractivity contribution in [2.45, 2.75) is 25.3 Å². The Bertz CT molecular complexity index is 412. The number of rotatable bonds is 3. The van der Waals surface area contributed by atoms with E-state index in [2.05, 4.69) is 10.2 Å². The van der Waals surface area contributed by atoms with Crippen LogP contribution >= 0.6 is 11.8 Å². The summed E-state index contributed by atoms with van der Waals surface area (Å²) in [6.45, 7) is 1.98. The Labute approximate surface area is 112 Å². The molecule has 0 spiro atoms. The zero-order valence-corrected chi connectivity index (χ0v) is 11.3. The molecule has 2 heterocycles. The van der Waals surface area contributed by atoms with Crippen LogP contribution in [-0.4, -0.2) is 30.6 Å². The zero-order valence-electron chi connectivity index (χ0n) is 10.5. The van der Waals surface area contributed by atoms with Gasteiger partial charge in [0.05, 0.1) is 5.69 Å². The zero-order chi connectivity index (χ0) is 12.4. The van der Waals surface area contributed by atoms with Crippen LogP contribution < -0.4 is 10.2 Å². The highest BCUT2D eigenvalue weighted by atomic mass is 32.2. The standard InChI is InChI=1S/C14H19FN2S/c15-13-9-11(16-12-5-8-18-10-12)3-4-14(13)17-6-1-2-7-17/h3-4,9,12,16H,1-2,5-8,10H2. The number of nitrogens with zero attached hydrogens (tertiary/aromatic N) is 1. The first-order chi connectivity index (χ1) is 8.83. The summed E-state index contributed by atoms with van der Waals surface area (Å²) in [5.41, 5.74) is 1.68. The van der Waals surface area contributed by atoms with Gasteiger partial charge in [0.15, 0.2) is 0 Å². The number of thioether (sulfide) groups is 1. The average Bonchev–Trinajstić information content (AvgIpc) is 3.01. The third-order valence-corrected chi connectivity index (χ3v) is 4.86. The molecule has 3 rings (SSSR count). The van der Waals surface area contributed by atoms with Gasteiger partial charge >= 0.3 is 0 Å². The number of halogens is 1. The molecular formula is C14H19FN2S. The van der Waals surface area contributed by atoms with Crippen LogP contribution in [0.4, 0.5) is 15.8 Å². The minimum absolute atomic E-state index is 0.0902. The van der Waals surface area contributed by atoms with E-state index < -0.39 is 0 Å². The predicted molar refractivity (Wildman–Crippen MR) is 77.2 cm³/mol. The Balaban J connectivity index is 1.71. The van der Waals surface area contributed by atoms with E-state index in [1.165, 1.54) is 25.0 Å². The van der Waals surface area contributed by atoms with Crippen molar-refractivity contribution in [1.29, 1.82) is 0 Å². The van der Waals surface area contributed by atoms with Crippen molar-refractivity contribution in [3.8, 4) is 0 Å². The number of hydrogen-bond donors (Lipinski definition) is 1. The molecule has 2 nitrogen and oxygen atoms in total. The van der Waals surface area contributed by atoms with E-state index in [9.17, 15) is 4.39 Å². The van der Waals surface area contributed by atoms with Gasteiger partial charge in [0, 0.05) is 30.6 Å². The van der Waals surface area contributed by atoms with Gasteiger partial charge in [-0.3, -0.25) is 0 Å². The Hall–Kier alpha value is -0.900. The second-order valence-electron chi connectivity index (χ2n) is 5.07. The molecule has 0 radical (unpaired) electrons. The summed E-state index contributed by atoms with van der Waals surface area (Å²) in [4.78, 5) is 2.14. The van der Waals surface area contributed by atoms with Crippen molar-refractivity contribution in [1.82, 2.24) is 0 Å². The lowest BCUT2D eigenvalue weighted by Gasteiger charge is -2.20. The Morgan fingerprint density at radius 1 is 1.28 bits per heavy atom. The molecule has 18 heavy (non-hydrogen) atoms. The van der Waals surface area contributed by atoms with Crippen molar-refractivity contribution in [2.24, 2.45) is 0 Å². The quantitative estimate of drug-likeness (QED) is 0.903. The molecule has 1 aromatic rings. The first-order valence-electron chi connectivity index (χ1n) is 6.72. The van der Waals surface area contributed by atoms with Gasteiger partial charge in [-0.05, 0) is 43.2 Å². The Kier molecular flexibility index (Phi) is 3.64. The van der Waals surface area contributed by atoms with E-state index in [0.29, 0.717) is 6.04 Å². The SMILES string of the molecule is Fc1cc(NC2CCSC2)ccc1N1CCCC1. The summed E-state index contributed by atoms with van der Waals surface area (Å²) >= 11 is 1.96. The maximum absolute atomic E-state index is 14.1. The first kappa shape index (κ1) is 12.2. The lowest BCUT2D eigenvalue weighted by Crippen LogP contribution is -2.20. The van der Waals surface area contributed by atoms with Crippen molar-refractivity contribution >= 4 is 23.1 Å². The van der Waals surface area contributed by atoms with Crippen LogP contribution in [0.5, 0.6) is 0 Å². The van der Waals surface area contributed by atoms with Crippen LogP contribution in [0.25, 0.3) is 0 Å². The Morgan fingerprint density at radius 2 is 2.11 bits per heavy atom. The molecule has 1 aromatic carbocycles. The second kappa shape index (κ2) is 5.39. The fourth-order valence-corrected chi connectivity index (χ4v) is 3.85. The number of hydrogen-bond acceptors (Lipinski definition) is 3. The molecule has 0 aliphatic carbocycles. The van der Waals surface area contributed by atoms with Crippen molar-refractivity contribution < 1.29 is 4.39 Å². The molecule has 0 amide bonds. The van der Waals surface area contributed by atoms with Crippen LogP contribution in [0, 0.1) is 5.82 Å². The highest BCUT2D eigenvalue weighted by Crippen LogP contribution is 2.27. The first-order valence-corrected chi connectivity index (χ1v) is 7.87. The van der Waals surface area contributed by atoms with Crippen molar-refractivity contribution in [3.63, 3.8) is 0 Å². The van der Waals surface area contributed by atoms with Gasteiger partial charge in [0.1, 0.15) is 5.82 Å². The number of anilines is 2. The number of benzene rings is 1. The molecular weight excluding hydrogens is 247 g/mol. The maximum Gasteiger partial charge on any atom is 0.148 e. The topological polar surface area (TPSA) is 15.3 Å². The summed E-state index contributed by atoms with van der Waals surface area (Å²) < 4.78 is 14.1. The van der Waals surface area contributed by atoms with Crippen molar-refractivity contribution in [2.75, 3.05) is 34.8 Å². The lowest BCUT2D eigenvalue weighted by molar-refractivity contribution is 0.623. The van der Waals surface area contributed by atoms with Crippen LogP contribution in [0.3, 0.4) is 0 Å². The van der Waals surface area contributed by atoms with E-state index in [0.717, 1.165) is 30.2 Å². The minimum Gasteiger partial charge on any atom is -0.381 e. The molecule has 1 unspecified atom stereocenters. The smallest absolute Gasteiger partial charge is 0.148 e. The van der Waals surface area contributed by atoms with Crippen molar-refractivity contribution in [3.05, 3.63) is 24.0 Å². The van der Waals surface area contributed by atoms with E-state index >= 15 is 0 Å². The summed E-state index contributed by atoms with van der Waals surface area (Å²) in [7, 11) is 0. The molecule has 0 aromatic heterocycles. The lowest BCUT2D eigenvalue weighted by atomic mass is 10.2. The average molecular weight is 266 g/mol. The molecule has 0 bridgehead atoms. The van der Waals surface area contributed by atoms with Gasteiger partial charge in [-0.25, -0.2) is 4.39 Å². The molecule has 2 saturated heterocycles. The maximum atomic E-state index is 14.1. The minimum atomic E-state index is -0.0902. The fourth-order valence-electron chi connectivity index (χ4n) is 2.70. The van der Waals surface area contributed by atoms with E-state index in [-0.39, 0.29) is 5.82 Å². The van der Waals surface area contributed by atoms with Gasteiger partial charge in [0.25, 0.3) is 0 Å². The molecule has 2 aliphatic heterocycles. The molecule has 98 valence electrons. The van der Waals surface area contributed by atoms with Gasteiger partial charge in [-0.2, -0.15) is 11.8 Å². The summed E-state index contributed by atoms with van der Waals surface area (Å²) in [5.74, 6) is 2.26. The Morgan fingerprint density at radius 3 is 2.78 bits per heavy atom. The van der Waals surface area contributed by atoms with Crippen LogP contribution in [-0.2, 0) is 0 Å². The van der Waals surface area contributed by atoms with E-state index in [1.54, 1.807) is 6.07 Å². The van der Waals surface area contributed by atoms with E-state index in [1.807, 2.05) is 23.9 Å². The third-order valence-electron chi connectivity index (χ3n) is 3.69. The number of nitrogens with one attached hydrogen (secondary N) is 1. The largest absolute Gasteiger partial charge is 0.381 e. The third kappa shape index (κ3) is 2.58. The van der Waals surface area contributed by atoms with E-state index in [4.69, 9.17) is 0 Å².